The zero-order chi connectivity index (χ0) is 14.9. The summed E-state index contributed by atoms with van der Waals surface area (Å²) in [6, 6.07) is 9.11. The van der Waals surface area contributed by atoms with Crippen LogP contribution in [0.5, 0.6) is 11.5 Å². The van der Waals surface area contributed by atoms with Crippen LogP contribution in [0.15, 0.2) is 41.3 Å². The van der Waals surface area contributed by atoms with Crippen molar-refractivity contribution in [3.8, 4) is 11.5 Å². The van der Waals surface area contributed by atoms with E-state index in [0.29, 0.717) is 22.7 Å². The van der Waals surface area contributed by atoms with Gasteiger partial charge in [-0.1, -0.05) is 6.07 Å². The summed E-state index contributed by atoms with van der Waals surface area (Å²) >= 11 is 0. The lowest BCUT2D eigenvalue weighted by Gasteiger charge is -2.10. The minimum absolute atomic E-state index is 0.196. The largest absolute Gasteiger partial charge is 0.457 e. The average molecular weight is 294 g/mol. The second kappa shape index (κ2) is 5.03. The number of rotatable bonds is 3. The molecule has 2 rings (SSSR count). The summed E-state index contributed by atoms with van der Waals surface area (Å²) in [5.74, 6) is 0.689. The fraction of sp³-hybridized carbons (Fsp3) is 0.0769. The van der Waals surface area contributed by atoms with Crippen LogP contribution in [0, 0.1) is 6.92 Å². The van der Waals surface area contributed by atoms with Crippen molar-refractivity contribution in [3.63, 3.8) is 0 Å². The second-order valence-electron chi connectivity index (χ2n) is 4.30. The molecule has 0 unspecified atom stereocenters. The molecule has 5 N–H and O–H groups in total. The maximum Gasteiger partial charge on any atom is 0.294 e. The summed E-state index contributed by atoms with van der Waals surface area (Å²) in [4.78, 5) is -0.196. The summed E-state index contributed by atoms with van der Waals surface area (Å²) in [6.45, 7) is 1.58. The predicted octanol–water partition coefficient (Wildman–Crippen LogP) is 2.20. The second-order valence-corrected chi connectivity index (χ2v) is 5.69. The van der Waals surface area contributed by atoms with E-state index in [1.165, 1.54) is 12.1 Å². The molecule has 0 bridgehead atoms. The summed E-state index contributed by atoms with van der Waals surface area (Å²) in [5, 5.41) is 0. The molecule has 0 amide bonds. The summed E-state index contributed by atoms with van der Waals surface area (Å²) in [7, 11) is -4.29. The molecule has 6 nitrogen and oxygen atoms in total. The van der Waals surface area contributed by atoms with Crippen molar-refractivity contribution in [2.45, 2.75) is 11.8 Å². The molecule has 0 saturated heterocycles. The molecule has 0 heterocycles. The lowest BCUT2D eigenvalue weighted by molar-refractivity contribution is 0.471. The van der Waals surface area contributed by atoms with Gasteiger partial charge in [-0.3, -0.25) is 4.55 Å². The number of nitrogen functional groups attached to an aromatic ring is 2. The summed E-state index contributed by atoms with van der Waals surface area (Å²) < 4.78 is 37.1. The number of nitrogens with two attached hydrogens (primary N) is 2. The monoisotopic (exact) mass is 294 g/mol. The molecule has 0 aromatic heterocycles. The first kappa shape index (κ1) is 14.2. The quantitative estimate of drug-likeness (QED) is 0.590. The van der Waals surface area contributed by atoms with Gasteiger partial charge >= 0.3 is 0 Å². The Bertz CT molecular complexity index is 757. The molecule has 7 heteroatoms. The van der Waals surface area contributed by atoms with Gasteiger partial charge in [0, 0.05) is 12.1 Å². The molecule has 0 aliphatic carbocycles. The van der Waals surface area contributed by atoms with Gasteiger partial charge in [-0.15, -0.1) is 0 Å². The van der Waals surface area contributed by atoms with Gasteiger partial charge in [-0.2, -0.15) is 8.42 Å². The van der Waals surface area contributed by atoms with Crippen LogP contribution in [0.1, 0.15) is 5.56 Å². The van der Waals surface area contributed by atoms with Crippen LogP contribution >= 0.6 is 0 Å². The number of benzene rings is 2. The Morgan fingerprint density at radius 3 is 2.20 bits per heavy atom. The lowest BCUT2D eigenvalue weighted by Crippen LogP contribution is -2.01. The molecule has 2 aromatic rings. The van der Waals surface area contributed by atoms with Gasteiger partial charge in [0.05, 0.1) is 11.4 Å². The molecular weight excluding hydrogens is 280 g/mol. The van der Waals surface area contributed by atoms with E-state index in [4.69, 9.17) is 20.8 Å². The van der Waals surface area contributed by atoms with Crippen LogP contribution < -0.4 is 16.2 Å². The highest BCUT2D eigenvalue weighted by atomic mass is 32.2. The molecule has 106 valence electrons. The normalized spacial score (nSPS) is 11.3. The van der Waals surface area contributed by atoms with Crippen LogP contribution in [0.4, 0.5) is 11.4 Å². The molecule has 0 aliphatic rings. The Labute approximate surface area is 116 Å². The number of anilines is 2. The van der Waals surface area contributed by atoms with Gasteiger partial charge in [-0.05, 0) is 30.7 Å². The standard InChI is InChI=1S/C13H14N2O4S/c1-8-2-3-10(7-13(8)20(16,17)18)19-9-4-5-11(14)12(15)6-9/h2-7H,14-15H2,1H3,(H,16,17,18). The van der Waals surface area contributed by atoms with Crippen LogP contribution in [0.3, 0.4) is 0 Å². The zero-order valence-electron chi connectivity index (χ0n) is 10.7. The van der Waals surface area contributed by atoms with Crippen molar-refractivity contribution < 1.29 is 17.7 Å². The third-order valence-electron chi connectivity index (χ3n) is 2.73. The van der Waals surface area contributed by atoms with Crippen LogP contribution in [0.25, 0.3) is 0 Å². The van der Waals surface area contributed by atoms with Crippen molar-refractivity contribution in [1.29, 1.82) is 0 Å². The highest BCUT2D eigenvalue weighted by molar-refractivity contribution is 7.85. The third-order valence-corrected chi connectivity index (χ3v) is 3.73. The van der Waals surface area contributed by atoms with Crippen LogP contribution in [-0.2, 0) is 10.1 Å². The number of hydrogen-bond donors (Lipinski definition) is 3. The van der Waals surface area contributed by atoms with Crippen molar-refractivity contribution in [1.82, 2.24) is 0 Å². The highest BCUT2D eigenvalue weighted by Crippen LogP contribution is 2.28. The van der Waals surface area contributed by atoms with Gasteiger partial charge in [0.15, 0.2) is 0 Å². The molecule has 0 fully saturated rings. The van der Waals surface area contributed by atoms with E-state index in [0.717, 1.165) is 0 Å². The first-order valence-corrected chi connectivity index (χ1v) is 7.12. The maximum atomic E-state index is 11.2. The van der Waals surface area contributed by atoms with Gasteiger partial charge in [0.1, 0.15) is 16.4 Å². The van der Waals surface area contributed by atoms with Gasteiger partial charge in [0.25, 0.3) is 10.1 Å². The Morgan fingerprint density at radius 2 is 1.60 bits per heavy atom. The van der Waals surface area contributed by atoms with E-state index in [1.807, 2.05) is 0 Å². The van der Waals surface area contributed by atoms with E-state index in [1.54, 1.807) is 31.2 Å². The van der Waals surface area contributed by atoms with Crippen LogP contribution in [0.2, 0.25) is 0 Å². The Morgan fingerprint density at radius 1 is 1.00 bits per heavy atom. The fourth-order valence-corrected chi connectivity index (χ4v) is 2.41. The van der Waals surface area contributed by atoms with Crippen LogP contribution in [-0.4, -0.2) is 13.0 Å². The van der Waals surface area contributed by atoms with Crippen molar-refractivity contribution in [2.75, 3.05) is 11.5 Å². The first-order chi connectivity index (χ1) is 9.27. The van der Waals surface area contributed by atoms with E-state index < -0.39 is 10.1 Å². The topological polar surface area (TPSA) is 116 Å². The van der Waals surface area contributed by atoms with Gasteiger partial charge in [-0.25, -0.2) is 0 Å². The number of aryl methyl sites for hydroxylation is 1. The summed E-state index contributed by atoms with van der Waals surface area (Å²) in [6.07, 6.45) is 0. The smallest absolute Gasteiger partial charge is 0.294 e. The molecule has 0 radical (unpaired) electrons. The number of ether oxygens (including phenoxy) is 1. The van der Waals surface area contributed by atoms with Crippen molar-refractivity contribution in [3.05, 3.63) is 42.0 Å². The molecule has 0 saturated carbocycles. The van der Waals surface area contributed by atoms with Crippen molar-refractivity contribution in [2.24, 2.45) is 0 Å². The molecule has 2 aromatic carbocycles. The molecule has 0 atom stereocenters. The van der Waals surface area contributed by atoms with E-state index in [9.17, 15) is 8.42 Å². The molecular formula is C13H14N2O4S. The van der Waals surface area contributed by atoms with Gasteiger partial charge in [0.2, 0.25) is 0 Å². The Kier molecular flexibility index (Phi) is 3.56. The number of hydrogen-bond acceptors (Lipinski definition) is 5. The molecule has 20 heavy (non-hydrogen) atoms. The summed E-state index contributed by atoms with van der Waals surface area (Å²) in [5.41, 5.74) is 12.5. The molecule has 0 spiro atoms. The Balaban J connectivity index is 2.37. The minimum Gasteiger partial charge on any atom is -0.457 e. The SMILES string of the molecule is Cc1ccc(Oc2ccc(N)c(N)c2)cc1S(=O)(=O)O. The first-order valence-electron chi connectivity index (χ1n) is 5.68. The average Bonchev–Trinajstić information content (AvgIpc) is 2.35. The molecule has 0 aliphatic heterocycles. The van der Waals surface area contributed by atoms with E-state index >= 15 is 0 Å². The third kappa shape index (κ3) is 3.01. The predicted molar refractivity (Wildman–Crippen MR) is 76.3 cm³/mol. The van der Waals surface area contributed by atoms with E-state index in [2.05, 4.69) is 0 Å². The highest BCUT2D eigenvalue weighted by Gasteiger charge is 2.14. The maximum absolute atomic E-state index is 11.2. The Hall–Kier alpha value is -2.25. The van der Waals surface area contributed by atoms with E-state index in [-0.39, 0.29) is 10.6 Å². The fourth-order valence-electron chi connectivity index (χ4n) is 1.67. The lowest BCUT2D eigenvalue weighted by atomic mass is 10.2. The van der Waals surface area contributed by atoms with Crippen molar-refractivity contribution >= 4 is 21.5 Å². The minimum atomic E-state index is -4.29. The van der Waals surface area contributed by atoms with Gasteiger partial charge < -0.3 is 16.2 Å². The zero-order valence-corrected chi connectivity index (χ0v) is 11.5.